The number of ether oxygens (including phenoxy) is 1. The van der Waals surface area contributed by atoms with Gasteiger partial charge in [-0.1, -0.05) is 43.3 Å². The summed E-state index contributed by atoms with van der Waals surface area (Å²) >= 11 is 0. The Hall–Kier alpha value is -1.83. The Morgan fingerprint density at radius 2 is 1.82 bits per heavy atom. The highest BCUT2D eigenvalue weighted by atomic mass is 16.5. The van der Waals surface area contributed by atoms with Gasteiger partial charge in [0.25, 0.3) is 0 Å². The highest BCUT2D eigenvalue weighted by Gasteiger charge is 2.01. The summed E-state index contributed by atoms with van der Waals surface area (Å²) < 4.78 is 5.49. The molecular weight excluding hydrogens is 210 g/mol. The molecule has 0 heterocycles. The van der Waals surface area contributed by atoms with E-state index in [2.05, 4.69) is 30.1 Å². The van der Waals surface area contributed by atoms with Crippen molar-refractivity contribution in [2.75, 3.05) is 6.61 Å². The molecule has 17 heavy (non-hydrogen) atoms. The van der Waals surface area contributed by atoms with Crippen LogP contribution in [0, 0.1) is 0 Å². The van der Waals surface area contributed by atoms with E-state index in [9.17, 15) is 0 Å². The molecule has 0 spiro atoms. The summed E-state index contributed by atoms with van der Waals surface area (Å²) in [5.41, 5.74) is 0.980. The minimum atomic E-state index is 0.664. The van der Waals surface area contributed by atoms with Gasteiger partial charge in [0.15, 0.2) is 5.90 Å². The lowest BCUT2D eigenvalue weighted by molar-refractivity contribution is 0.319. The summed E-state index contributed by atoms with van der Waals surface area (Å²) in [6.07, 6.45) is 0.817. The van der Waals surface area contributed by atoms with Crippen LogP contribution in [0.3, 0.4) is 0 Å². The van der Waals surface area contributed by atoms with Crippen molar-refractivity contribution in [1.29, 1.82) is 0 Å². The van der Waals surface area contributed by atoms with E-state index in [4.69, 9.17) is 4.74 Å². The summed E-state index contributed by atoms with van der Waals surface area (Å²) in [4.78, 5) is 4.59. The van der Waals surface area contributed by atoms with Crippen molar-refractivity contribution in [2.24, 2.45) is 4.99 Å². The average Bonchev–Trinajstić information content (AvgIpc) is 2.38. The fraction of sp³-hybridized carbons (Fsp3) is 0.267. The zero-order valence-corrected chi connectivity index (χ0v) is 10.3. The standard InChI is InChI=1S/C15H17NO/c1-3-15(17-4-2)16-14-11-7-9-12-8-5-6-10-13(12)14/h5-11H,3-4H2,1-2H3. The number of benzene rings is 2. The number of nitrogens with zero attached hydrogens (tertiary/aromatic N) is 1. The third-order valence-corrected chi connectivity index (χ3v) is 2.63. The second-order valence-electron chi connectivity index (χ2n) is 3.79. The van der Waals surface area contributed by atoms with Crippen LogP contribution in [0.5, 0.6) is 0 Å². The molecule has 2 aromatic rings. The van der Waals surface area contributed by atoms with Crippen LogP contribution in [0.2, 0.25) is 0 Å². The minimum absolute atomic E-state index is 0.664. The molecule has 2 rings (SSSR count). The van der Waals surface area contributed by atoms with Crippen molar-refractivity contribution in [3.05, 3.63) is 42.5 Å². The van der Waals surface area contributed by atoms with E-state index in [0.29, 0.717) is 6.61 Å². The van der Waals surface area contributed by atoms with Gasteiger partial charge in [-0.15, -0.1) is 0 Å². The summed E-state index contributed by atoms with van der Waals surface area (Å²) in [6, 6.07) is 14.4. The molecule has 0 aromatic heterocycles. The van der Waals surface area contributed by atoms with Crippen molar-refractivity contribution >= 4 is 22.4 Å². The molecule has 2 heteroatoms. The van der Waals surface area contributed by atoms with Crippen LogP contribution in [0.15, 0.2) is 47.5 Å². The van der Waals surface area contributed by atoms with Gasteiger partial charge in [0.2, 0.25) is 0 Å². The second-order valence-corrected chi connectivity index (χ2v) is 3.79. The monoisotopic (exact) mass is 227 g/mol. The number of hydrogen-bond acceptors (Lipinski definition) is 2. The molecule has 0 aliphatic heterocycles. The molecule has 0 saturated heterocycles. The van der Waals surface area contributed by atoms with Crippen molar-refractivity contribution in [3.63, 3.8) is 0 Å². The lowest BCUT2D eigenvalue weighted by Crippen LogP contribution is -2.01. The van der Waals surface area contributed by atoms with Crippen LogP contribution >= 0.6 is 0 Å². The van der Waals surface area contributed by atoms with Crippen LogP contribution < -0.4 is 0 Å². The molecule has 0 aliphatic rings. The minimum Gasteiger partial charge on any atom is -0.481 e. The van der Waals surface area contributed by atoms with Crippen molar-refractivity contribution in [3.8, 4) is 0 Å². The molecule has 2 aromatic carbocycles. The van der Waals surface area contributed by atoms with Crippen LogP contribution in [-0.2, 0) is 4.74 Å². The lowest BCUT2D eigenvalue weighted by Gasteiger charge is -2.06. The predicted octanol–water partition coefficient (Wildman–Crippen LogP) is 4.32. The summed E-state index contributed by atoms with van der Waals surface area (Å²) in [7, 11) is 0. The summed E-state index contributed by atoms with van der Waals surface area (Å²) in [6.45, 7) is 4.70. The van der Waals surface area contributed by atoms with Crippen molar-refractivity contribution in [2.45, 2.75) is 20.3 Å². The second kappa shape index (κ2) is 5.48. The quantitative estimate of drug-likeness (QED) is 0.565. The molecule has 0 unspecified atom stereocenters. The molecule has 0 fully saturated rings. The molecule has 0 amide bonds. The maximum Gasteiger partial charge on any atom is 0.188 e. The SMILES string of the molecule is CCOC(CC)=Nc1cccc2ccccc12. The van der Waals surface area contributed by atoms with Gasteiger partial charge in [-0.05, 0) is 18.4 Å². The summed E-state index contributed by atoms with van der Waals surface area (Å²) in [5.74, 6) is 0.795. The van der Waals surface area contributed by atoms with Gasteiger partial charge in [-0.2, -0.15) is 0 Å². The van der Waals surface area contributed by atoms with E-state index < -0.39 is 0 Å². The van der Waals surface area contributed by atoms with Crippen molar-refractivity contribution < 1.29 is 4.74 Å². The van der Waals surface area contributed by atoms with E-state index in [1.807, 2.05) is 31.2 Å². The molecule has 0 atom stereocenters. The molecule has 0 saturated carbocycles. The molecular formula is C15H17NO. The average molecular weight is 227 g/mol. The maximum absolute atomic E-state index is 5.49. The van der Waals surface area contributed by atoms with Gasteiger partial charge in [-0.3, -0.25) is 0 Å². The first-order valence-corrected chi connectivity index (χ1v) is 6.03. The molecule has 2 nitrogen and oxygen atoms in total. The van der Waals surface area contributed by atoms with E-state index in [-0.39, 0.29) is 0 Å². The van der Waals surface area contributed by atoms with Gasteiger partial charge < -0.3 is 4.74 Å². The molecule has 88 valence electrons. The van der Waals surface area contributed by atoms with Crippen LogP contribution in [-0.4, -0.2) is 12.5 Å². The highest BCUT2D eigenvalue weighted by molar-refractivity contribution is 5.95. The first-order chi connectivity index (χ1) is 8.35. The Labute approximate surface area is 102 Å². The third kappa shape index (κ3) is 2.64. The largest absolute Gasteiger partial charge is 0.481 e. The smallest absolute Gasteiger partial charge is 0.188 e. The molecule has 0 aliphatic carbocycles. The maximum atomic E-state index is 5.49. The Kier molecular flexibility index (Phi) is 3.76. The molecule has 0 radical (unpaired) electrons. The number of hydrogen-bond donors (Lipinski definition) is 0. The van der Waals surface area contributed by atoms with E-state index in [1.165, 1.54) is 10.8 Å². The topological polar surface area (TPSA) is 21.6 Å². The first-order valence-electron chi connectivity index (χ1n) is 6.03. The molecule has 0 bridgehead atoms. The number of aliphatic imine (C=N–C) groups is 1. The first kappa shape index (κ1) is 11.6. The Bertz CT molecular complexity index is 526. The van der Waals surface area contributed by atoms with E-state index in [0.717, 1.165) is 18.0 Å². The van der Waals surface area contributed by atoms with Crippen LogP contribution in [0.25, 0.3) is 10.8 Å². The third-order valence-electron chi connectivity index (χ3n) is 2.63. The Balaban J connectivity index is 2.48. The predicted molar refractivity (Wildman–Crippen MR) is 73.0 cm³/mol. The van der Waals surface area contributed by atoms with Gasteiger partial charge in [0.1, 0.15) is 0 Å². The van der Waals surface area contributed by atoms with Gasteiger partial charge in [0.05, 0.1) is 12.3 Å². The van der Waals surface area contributed by atoms with Crippen molar-refractivity contribution in [1.82, 2.24) is 0 Å². The molecule has 0 N–H and O–H groups in total. The lowest BCUT2D eigenvalue weighted by atomic mass is 10.1. The van der Waals surface area contributed by atoms with Crippen LogP contribution in [0.4, 0.5) is 5.69 Å². The van der Waals surface area contributed by atoms with Gasteiger partial charge >= 0.3 is 0 Å². The van der Waals surface area contributed by atoms with E-state index in [1.54, 1.807) is 0 Å². The Morgan fingerprint density at radius 1 is 1.06 bits per heavy atom. The van der Waals surface area contributed by atoms with Crippen LogP contribution in [0.1, 0.15) is 20.3 Å². The highest BCUT2D eigenvalue weighted by Crippen LogP contribution is 2.25. The van der Waals surface area contributed by atoms with Gasteiger partial charge in [0, 0.05) is 11.8 Å². The summed E-state index contributed by atoms with van der Waals surface area (Å²) in [5, 5.41) is 2.38. The zero-order valence-electron chi connectivity index (χ0n) is 10.3. The van der Waals surface area contributed by atoms with E-state index >= 15 is 0 Å². The number of rotatable bonds is 3. The fourth-order valence-corrected chi connectivity index (χ4v) is 1.82. The Morgan fingerprint density at radius 3 is 2.59 bits per heavy atom. The fourth-order valence-electron chi connectivity index (χ4n) is 1.82. The normalized spacial score (nSPS) is 11.8. The van der Waals surface area contributed by atoms with Gasteiger partial charge in [-0.25, -0.2) is 4.99 Å². The number of fused-ring (bicyclic) bond motifs is 1. The zero-order chi connectivity index (χ0) is 12.1.